The van der Waals surface area contributed by atoms with Crippen LogP contribution in [0.3, 0.4) is 0 Å². The zero-order valence-electron chi connectivity index (χ0n) is 8.03. The van der Waals surface area contributed by atoms with Crippen molar-refractivity contribution in [2.45, 2.75) is 27.2 Å². The summed E-state index contributed by atoms with van der Waals surface area (Å²) < 4.78 is 28.1. The number of carbonyl (C=O) groups is 1. The molecule has 7 heteroatoms. The molecule has 0 bridgehead atoms. The van der Waals surface area contributed by atoms with E-state index >= 15 is 0 Å². The molecule has 5 nitrogen and oxygen atoms in total. The van der Waals surface area contributed by atoms with Crippen molar-refractivity contribution in [3.63, 3.8) is 0 Å². The summed E-state index contributed by atoms with van der Waals surface area (Å²) in [7, 11) is -3.89. The van der Waals surface area contributed by atoms with E-state index in [9.17, 15) is 13.2 Å². The minimum absolute atomic E-state index is 0. The molecule has 0 radical (unpaired) electrons. The van der Waals surface area contributed by atoms with Gasteiger partial charge in [0.1, 0.15) is 0 Å². The molecule has 0 aliphatic heterocycles. The summed E-state index contributed by atoms with van der Waals surface area (Å²) >= 11 is 0. The molecule has 1 amide bonds. The Morgan fingerprint density at radius 2 is 1.93 bits per heavy atom. The van der Waals surface area contributed by atoms with Crippen LogP contribution in [0.15, 0.2) is 0 Å². The zero-order chi connectivity index (χ0) is 10.5. The van der Waals surface area contributed by atoms with Crippen LogP contribution in [0.5, 0.6) is 0 Å². The third kappa shape index (κ3) is 8.19. The van der Waals surface area contributed by atoms with Gasteiger partial charge in [-0.2, -0.15) is 8.42 Å². The van der Waals surface area contributed by atoms with Gasteiger partial charge in [0.05, 0.1) is 6.61 Å². The Hall–Kier alpha value is 0.861. The number of carbonyl (C=O) groups excluding carboxylic acids is 1. The van der Waals surface area contributed by atoms with Crippen LogP contribution < -0.4 is 4.72 Å². The van der Waals surface area contributed by atoms with E-state index in [1.807, 2.05) is 0 Å². The molecule has 0 aromatic carbocycles. The maximum atomic E-state index is 11.0. The Kier molecular flexibility index (Phi) is 9.94. The summed E-state index contributed by atoms with van der Waals surface area (Å²) in [6.45, 7) is 5.07. The monoisotopic (exact) mass is 299 g/mol. The molecule has 0 aromatic heterocycles. The van der Waals surface area contributed by atoms with Gasteiger partial charge in [-0.05, 0) is 6.42 Å². The summed E-state index contributed by atoms with van der Waals surface area (Å²) in [6.07, 6.45) is 0.580. The second kappa shape index (κ2) is 8.06. The van der Waals surface area contributed by atoms with Crippen molar-refractivity contribution < 1.29 is 17.4 Å². The molecule has 82 valence electrons. The molecular formula is C7H17NO4SSr. The molecular weight excluding hydrogens is 282 g/mol. The van der Waals surface area contributed by atoms with E-state index in [4.69, 9.17) is 0 Å². The molecule has 0 atom stereocenters. The molecule has 1 N–H and O–H groups in total. The fourth-order valence-corrected chi connectivity index (χ4v) is 1.39. The number of nitrogens with one attached hydrogen (secondary N) is 1. The second-order valence-electron chi connectivity index (χ2n) is 2.90. The summed E-state index contributed by atoms with van der Waals surface area (Å²) in [6, 6.07) is 0. The number of amides is 1. The summed E-state index contributed by atoms with van der Waals surface area (Å²) in [5.74, 6) is -0.934. The predicted octanol–water partition coefficient (Wildman–Crippen LogP) is -0.486. The van der Waals surface area contributed by atoms with Crippen molar-refractivity contribution >= 4 is 61.7 Å². The van der Waals surface area contributed by atoms with E-state index in [1.165, 1.54) is 0 Å². The van der Waals surface area contributed by atoms with Crippen LogP contribution in [0.2, 0.25) is 0 Å². The number of rotatable bonds is 5. The Morgan fingerprint density at radius 3 is 2.29 bits per heavy atom. The number of hydrogen-bond donors (Lipinski definition) is 1. The molecule has 0 saturated heterocycles. The Morgan fingerprint density at radius 1 is 1.43 bits per heavy atom. The van der Waals surface area contributed by atoms with Crippen LogP contribution >= 0.6 is 0 Å². The Labute approximate surface area is 122 Å². The second-order valence-corrected chi connectivity index (χ2v) is 4.25. The van der Waals surface area contributed by atoms with Crippen LogP contribution in [-0.2, 0) is 19.3 Å². The van der Waals surface area contributed by atoms with Crippen molar-refractivity contribution in [2.75, 3.05) is 6.61 Å². The van der Waals surface area contributed by atoms with Gasteiger partial charge in [0.25, 0.3) is 0 Å². The molecule has 0 unspecified atom stereocenters. The van der Waals surface area contributed by atoms with Crippen molar-refractivity contribution in [1.82, 2.24) is 4.72 Å². The van der Waals surface area contributed by atoms with Crippen LogP contribution in [0, 0.1) is 5.92 Å². The van der Waals surface area contributed by atoms with Gasteiger partial charge in [0.2, 0.25) is 5.91 Å². The summed E-state index contributed by atoms with van der Waals surface area (Å²) in [5, 5.41) is 0. The fraction of sp³-hybridized carbons (Fsp3) is 0.857. The molecule has 0 aliphatic rings. The van der Waals surface area contributed by atoms with Gasteiger partial charge >= 0.3 is 55.8 Å². The molecule has 0 fully saturated rings. The van der Waals surface area contributed by atoms with E-state index in [1.54, 1.807) is 25.5 Å². The molecule has 0 rings (SSSR count). The van der Waals surface area contributed by atoms with E-state index in [0.717, 1.165) is 0 Å². The SMILES string of the molecule is CCCOS(=O)(=O)NC(=O)C(C)C.[SrH2]. The fourth-order valence-electron chi connectivity index (χ4n) is 0.464. The topological polar surface area (TPSA) is 72.5 Å². The quantitative estimate of drug-likeness (QED) is 0.696. The summed E-state index contributed by atoms with van der Waals surface area (Å²) in [4.78, 5) is 11.0. The van der Waals surface area contributed by atoms with Gasteiger partial charge in [0, 0.05) is 5.92 Å². The molecule has 0 heterocycles. The van der Waals surface area contributed by atoms with Crippen LogP contribution in [0.25, 0.3) is 0 Å². The van der Waals surface area contributed by atoms with Crippen LogP contribution in [0.1, 0.15) is 27.2 Å². The van der Waals surface area contributed by atoms with Gasteiger partial charge in [0.15, 0.2) is 0 Å². The van der Waals surface area contributed by atoms with E-state index < -0.39 is 16.2 Å². The van der Waals surface area contributed by atoms with Crippen molar-refractivity contribution in [3.8, 4) is 0 Å². The van der Waals surface area contributed by atoms with E-state index in [0.29, 0.717) is 6.42 Å². The maximum absolute atomic E-state index is 11.0. The van der Waals surface area contributed by atoms with Crippen LogP contribution in [-0.4, -0.2) is 66.4 Å². The Bertz CT molecular complexity index is 263. The van der Waals surface area contributed by atoms with Gasteiger partial charge in [-0.1, -0.05) is 20.8 Å². The minimum atomic E-state index is -3.89. The predicted molar refractivity (Wildman–Crippen MR) is 56.7 cm³/mol. The zero-order valence-corrected chi connectivity index (χ0v) is 8.85. The third-order valence-corrected chi connectivity index (χ3v) is 2.12. The molecule has 0 aromatic rings. The summed E-state index contributed by atoms with van der Waals surface area (Å²) in [5.41, 5.74) is 0. The van der Waals surface area contributed by atoms with Gasteiger partial charge < -0.3 is 0 Å². The van der Waals surface area contributed by atoms with Crippen molar-refractivity contribution in [3.05, 3.63) is 0 Å². The van der Waals surface area contributed by atoms with Gasteiger partial charge in [-0.15, -0.1) is 0 Å². The van der Waals surface area contributed by atoms with E-state index in [-0.39, 0.29) is 58.0 Å². The standard InChI is InChI=1S/C7H15NO4S.Sr.2H/c1-4-5-12-13(10,11)8-7(9)6(2)3;;;/h6H,4-5H2,1-3H3,(H,8,9);;;. The third-order valence-electron chi connectivity index (χ3n) is 1.19. The first-order valence-corrected chi connectivity index (χ1v) is 5.51. The molecule has 0 aliphatic carbocycles. The number of hydrogen-bond acceptors (Lipinski definition) is 4. The average molecular weight is 299 g/mol. The Balaban J connectivity index is 0. The van der Waals surface area contributed by atoms with Gasteiger partial charge in [-0.3, -0.25) is 8.98 Å². The first-order valence-electron chi connectivity index (χ1n) is 4.10. The van der Waals surface area contributed by atoms with Crippen molar-refractivity contribution in [2.24, 2.45) is 5.92 Å². The van der Waals surface area contributed by atoms with Gasteiger partial charge in [-0.25, -0.2) is 4.72 Å². The van der Waals surface area contributed by atoms with E-state index in [2.05, 4.69) is 4.18 Å². The molecule has 0 saturated carbocycles. The molecule has 14 heavy (non-hydrogen) atoms. The first-order chi connectivity index (χ1) is 5.89. The normalized spacial score (nSPS) is 10.9. The van der Waals surface area contributed by atoms with Crippen molar-refractivity contribution in [1.29, 1.82) is 0 Å². The molecule has 0 spiro atoms. The first kappa shape index (κ1) is 17.3. The average Bonchev–Trinajstić information content (AvgIpc) is 2.00. The van der Waals surface area contributed by atoms with Crippen LogP contribution in [0.4, 0.5) is 0 Å².